The van der Waals surface area contributed by atoms with Crippen LogP contribution in [0.5, 0.6) is 23.0 Å². The van der Waals surface area contributed by atoms with Crippen molar-refractivity contribution in [3.05, 3.63) is 72.3 Å². The fraction of sp³-hybridized carbons (Fsp3) is 0.364. The zero-order valence-corrected chi connectivity index (χ0v) is 25.0. The number of nitrogens with one attached hydrogen (secondary N) is 2. The molecule has 1 fully saturated rings. The first-order valence-corrected chi connectivity index (χ1v) is 14.2. The van der Waals surface area contributed by atoms with Crippen molar-refractivity contribution in [1.29, 1.82) is 0 Å². The van der Waals surface area contributed by atoms with E-state index in [1.165, 1.54) is 21.1 Å². The van der Waals surface area contributed by atoms with Crippen LogP contribution >= 0.6 is 0 Å². The molecule has 0 aromatic heterocycles. The van der Waals surface area contributed by atoms with E-state index in [1.807, 2.05) is 13.8 Å². The molecule has 1 aliphatic carbocycles. The van der Waals surface area contributed by atoms with E-state index in [0.717, 1.165) is 0 Å². The molecule has 0 bridgehead atoms. The number of Topliss-reactive ketones (excluding diaryl/α,β-unsaturated/α-hetero) is 1. The Labute approximate surface area is 251 Å². The summed E-state index contributed by atoms with van der Waals surface area (Å²) in [6, 6.07) is 18.8. The van der Waals surface area contributed by atoms with Gasteiger partial charge in [0.15, 0.2) is 11.5 Å². The Morgan fingerprint density at radius 1 is 0.814 bits per heavy atom. The maximum Gasteiger partial charge on any atom is 0.235 e. The third kappa shape index (κ3) is 6.75. The molecule has 0 saturated heterocycles. The Hall–Kier alpha value is -4.57. The molecule has 1 saturated carbocycles. The SMILES string of the molecule is CCOc1ccccc1NC(=O)C1C(=O)CC(C)(O)C(C(=O)Nc2ccccc2OCC)C1c1ccc(OC)c(OC)c1. The number of anilines is 2. The van der Waals surface area contributed by atoms with Crippen molar-refractivity contribution in [2.24, 2.45) is 11.8 Å². The van der Waals surface area contributed by atoms with Crippen LogP contribution in [0.15, 0.2) is 66.7 Å². The van der Waals surface area contributed by atoms with E-state index in [4.69, 9.17) is 18.9 Å². The average molecular weight is 591 g/mol. The lowest BCUT2D eigenvalue weighted by atomic mass is 9.61. The highest BCUT2D eigenvalue weighted by Crippen LogP contribution is 2.48. The van der Waals surface area contributed by atoms with Gasteiger partial charge in [-0.3, -0.25) is 14.4 Å². The standard InChI is InChI=1S/C33H38N2O8/c1-6-42-24-14-10-8-12-21(24)34-31(37)29-23(36)19-33(3,39)30(28(29)20-16-17-26(40-4)27(18-20)41-5)32(38)35-22-13-9-11-15-25(22)43-7-2/h8-18,28-30,39H,6-7,19H2,1-5H3,(H,34,37)(H,35,38). The number of hydrogen-bond acceptors (Lipinski definition) is 8. The van der Waals surface area contributed by atoms with Gasteiger partial charge in [0.2, 0.25) is 11.8 Å². The number of rotatable bonds is 11. The minimum atomic E-state index is -1.79. The lowest BCUT2D eigenvalue weighted by molar-refractivity contribution is -0.150. The van der Waals surface area contributed by atoms with Gasteiger partial charge < -0.3 is 34.7 Å². The third-order valence-electron chi connectivity index (χ3n) is 7.51. The molecular formula is C33H38N2O8. The van der Waals surface area contributed by atoms with Crippen LogP contribution in [0.25, 0.3) is 0 Å². The molecule has 0 spiro atoms. The van der Waals surface area contributed by atoms with Gasteiger partial charge in [0.05, 0.1) is 50.3 Å². The van der Waals surface area contributed by atoms with Crippen LogP contribution in [-0.2, 0) is 14.4 Å². The molecule has 4 unspecified atom stereocenters. The van der Waals surface area contributed by atoms with Crippen molar-refractivity contribution in [1.82, 2.24) is 0 Å². The van der Waals surface area contributed by atoms with Gasteiger partial charge in [-0.2, -0.15) is 0 Å². The summed E-state index contributed by atoms with van der Waals surface area (Å²) in [7, 11) is 2.96. The second kappa shape index (κ2) is 13.6. The van der Waals surface area contributed by atoms with Gasteiger partial charge in [-0.25, -0.2) is 0 Å². The predicted octanol–water partition coefficient (Wildman–Crippen LogP) is 4.82. The molecular weight excluding hydrogens is 552 g/mol. The van der Waals surface area contributed by atoms with Crippen LogP contribution in [-0.4, -0.2) is 55.7 Å². The van der Waals surface area contributed by atoms with E-state index in [2.05, 4.69) is 10.6 Å². The van der Waals surface area contributed by atoms with E-state index in [9.17, 15) is 19.5 Å². The molecule has 0 heterocycles. The highest BCUT2D eigenvalue weighted by Gasteiger charge is 2.56. The Morgan fingerprint density at radius 2 is 1.35 bits per heavy atom. The summed E-state index contributed by atoms with van der Waals surface area (Å²) in [6.45, 7) is 5.84. The van der Waals surface area contributed by atoms with E-state index in [1.54, 1.807) is 66.7 Å². The van der Waals surface area contributed by atoms with Gasteiger partial charge in [-0.05, 0) is 62.7 Å². The van der Waals surface area contributed by atoms with Crippen LogP contribution in [0.3, 0.4) is 0 Å². The molecule has 3 aromatic rings. The summed E-state index contributed by atoms with van der Waals surface area (Å²) < 4.78 is 22.2. The number of methoxy groups -OCH3 is 2. The largest absolute Gasteiger partial charge is 0.493 e. The minimum absolute atomic E-state index is 0.347. The first-order chi connectivity index (χ1) is 20.6. The number of hydrogen-bond donors (Lipinski definition) is 3. The zero-order valence-electron chi connectivity index (χ0n) is 25.0. The lowest BCUT2D eigenvalue weighted by Crippen LogP contribution is -2.56. The topological polar surface area (TPSA) is 132 Å². The summed E-state index contributed by atoms with van der Waals surface area (Å²) in [5, 5.41) is 17.4. The monoisotopic (exact) mass is 590 g/mol. The van der Waals surface area contributed by atoms with Crippen molar-refractivity contribution >= 4 is 29.0 Å². The highest BCUT2D eigenvalue weighted by atomic mass is 16.5. The number of para-hydroxylation sites is 4. The summed E-state index contributed by atoms with van der Waals surface area (Å²) in [5.74, 6) is -3.66. The van der Waals surface area contributed by atoms with Gasteiger partial charge in [0.1, 0.15) is 23.2 Å². The first-order valence-electron chi connectivity index (χ1n) is 14.2. The van der Waals surface area contributed by atoms with Crippen molar-refractivity contribution in [3.8, 4) is 23.0 Å². The van der Waals surface area contributed by atoms with E-state index in [0.29, 0.717) is 53.2 Å². The van der Waals surface area contributed by atoms with Crippen molar-refractivity contribution in [2.75, 3.05) is 38.1 Å². The molecule has 0 aliphatic heterocycles. The second-order valence-electron chi connectivity index (χ2n) is 10.4. The Morgan fingerprint density at radius 3 is 1.88 bits per heavy atom. The molecule has 3 N–H and O–H groups in total. The average Bonchev–Trinajstić information content (AvgIpc) is 2.98. The van der Waals surface area contributed by atoms with Gasteiger partial charge in [0.25, 0.3) is 0 Å². The van der Waals surface area contributed by atoms with Gasteiger partial charge >= 0.3 is 0 Å². The highest BCUT2D eigenvalue weighted by molar-refractivity contribution is 6.11. The summed E-state index contributed by atoms with van der Waals surface area (Å²) in [6.07, 6.45) is -0.410. The quantitative estimate of drug-likeness (QED) is 0.271. The number of aliphatic hydroxyl groups is 1. The molecule has 1 aliphatic rings. The number of ketones is 1. The fourth-order valence-corrected chi connectivity index (χ4v) is 5.68. The second-order valence-corrected chi connectivity index (χ2v) is 10.4. The number of amides is 2. The minimum Gasteiger partial charge on any atom is -0.493 e. The van der Waals surface area contributed by atoms with E-state index >= 15 is 0 Å². The van der Waals surface area contributed by atoms with Crippen LogP contribution in [0.2, 0.25) is 0 Å². The molecule has 10 heteroatoms. The van der Waals surface area contributed by atoms with Crippen molar-refractivity contribution in [3.63, 3.8) is 0 Å². The smallest absolute Gasteiger partial charge is 0.235 e. The van der Waals surface area contributed by atoms with Crippen LogP contribution in [0.4, 0.5) is 11.4 Å². The predicted molar refractivity (Wildman–Crippen MR) is 162 cm³/mol. The molecule has 10 nitrogen and oxygen atoms in total. The lowest BCUT2D eigenvalue weighted by Gasteiger charge is -2.44. The number of ether oxygens (including phenoxy) is 4. The summed E-state index contributed by atoms with van der Waals surface area (Å²) in [5.41, 5.74) is -0.557. The molecule has 0 radical (unpaired) electrons. The van der Waals surface area contributed by atoms with Crippen LogP contribution in [0, 0.1) is 11.8 Å². The van der Waals surface area contributed by atoms with Crippen molar-refractivity contribution in [2.45, 2.75) is 38.7 Å². The van der Waals surface area contributed by atoms with Gasteiger partial charge in [-0.1, -0.05) is 30.3 Å². The molecule has 3 aromatic carbocycles. The number of carbonyl (C=O) groups excluding carboxylic acids is 3. The summed E-state index contributed by atoms with van der Waals surface area (Å²) >= 11 is 0. The van der Waals surface area contributed by atoms with Gasteiger partial charge in [-0.15, -0.1) is 0 Å². The van der Waals surface area contributed by atoms with Crippen LogP contribution in [0.1, 0.15) is 38.7 Å². The van der Waals surface area contributed by atoms with Gasteiger partial charge in [0, 0.05) is 12.3 Å². The maximum absolute atomic E-state index is 14.1. The Balaban J connectivity index is 1.82. The Bertz CT molecular complexity index is 1470. The van der Waals surface area contributed by atoms with Crippen LogP contribution < -0.4 is 29.6 Å². The normalized spacial score (nSPS) is 21.4. The molecule has 228 valence electrons. The van der Waals surface area contributed by atoms with E-state index in [-0.39, 0.29) is 0 Å². The van der Waals surface area contributed by atoms with Crippen molar-refractivity contribution < 1.29 is 38.4 Å². The molecule has 4 atom stereocenters. The molecule has 2 amide bonds. The summed E-state index contributed by atoms with van der Waals surface area (Å²) in [4.78, 5) is 41.8. The third-order valence-corrected chi connectivity index (χ3v) is 7.51. The first kappa shape index (κ1) is 31.4. The van der Waals surface area contributed by atoms with E-state index < -0.39 is 47.4 Å². The maximum atomic E-state index is 14.1. The Kier molecular flexibility index (Phi) is 9.92. The fourth-order valence-electron chi connectivity index (χ4n) is 5.68. The number of carbonyl (C=O) groups is 3. The molecule has 4 rings (SSSR count). The number of benzene rings is 3. The zero-order chi connectivity index (χ0) is 31.1. The molecule has 43 heavy (non-hydrogen) atoms.